The molecule has 18 nitrogen and oxygen atoms in total. The summed E-state index contributed by atoms with van der Waals surface area (Å²) in [5, 5.41) is 34.2. The van der Waals surface area contributed by atoms with Crippen molar-refractivity contribution in [3.63, 3.8) is 0 Å². The van der Waals surface area contributed by atoms with Gasteiger partial charge in [0.1, 0.15) is 36.2 Å². The summed E-state index contributed by atoms with van der Waals surface area (Å²) in [6, 6.07) is 2.29. The van der Waals surface area contributed by atoms with E-state index in [1.165, 1.54) is 0 Å². The zero-order valence-corrected chi connectivity index (χ0v) is 18.9. The number of fused-ring (bicyclic) bond motifs is 1. The molecule has 3 heterocycles. The summed E-state index contributed by atoms with van der Waals surface area (Å²) < 4.78 is 65.8. The molecule has 34 heavy (non-hydrogen) atoms. The van der Waals surface area contributed by atoms with Crippen molar-refractivity contribution in [3.8, 4) is 6.07 Å². The number of halogens is 1. The van der Waals surface area contributed by atoms with E-state index in [0.29, 0.717) is 0 Å². The smallest absolute Gasteiger partial charge is 0.387 e. The number of nitrogen functional groups attached to an aromatic ring is 1. The number of nitrogens with two attached hydrogens (primary N) is 1. The second kappa shape index (κ2) is 8.97. The first-order chi connectivity index (χ1) is 15.5. The van der Waals surface area contributed by atoms with Crippen molar-refractivity contribution in [1.82, 2.24) is 14.6 Å². The quantitative estimate of drug-likeness (QED) is 0.187. The van der Waals surface area contributed by atoms with Crippen LogP contribution in [0.2, 0.25) is 0 Å². The lowest BCUT2D eigenvalue weighted by molar-refractivity contribution is -0.0635. The molecule has 1 aliphatic rings. The molecule has 2 aromatic heterocycles. The van der Waals surface area contributed by atoms with Gasteiger partial charge in [-0.05, 0) is 0 Å². The van der Waals surface area contributed by atoms with E-state index in [4.69, 9.17) is 25.2 Å². The number of phosphoric acid groups is 3. The monoisotopic (exact) mass is 549 g/mol. The minimum Gasteiger partial charge on any atom is -0.387 e. The first-order valence-electron chi connectivity index (χ1n) is 8.53. The lowest BCUT2D eigenvalue weighted by Gasteiger charge is -2.24. The normalized spacial score (nSPS) is 28.9. The summed E-state index contributed by atoms with van der Waals surface area (Å²) in [5.74, 6) is -1.34. The zero-order chi connectivity index (χ0) is 25.7. The Morgan fingerprint density at radius 3 is 2.47 bits per heavy atom. The molecule has 1 saturated heterocycles. The number of phosphoric ester groups is 1. The van der Waals surface area contributed by atoms with Crippen LogP contribution in [0.15, 0.2) is 12.4 Å². The molecule has 2 aromatic rings. The average Bonchev–Trinajstić information content (AvgIpc) is 3.14. The van der Waals surface area contributed by atoms with E-state index < -0.39 is 65.5 Å². The molecule has 188 valence electrons. The number of aliphatic hydroxyl groups excluding tert-OH is 2. The second-order valence-corrected chi connectivity index (χ2v) is 11.0. The largest absolute Gasteiger partial charge is 0.490 e. The Labute approximate surface area is 187 Å². The number of nitrogens with zero attached hydrogens (tertiary/aromatic N) is 4. The summed E-state index contributed by atoms with van der Waals surface area (Å²) in [7, 11) is -17.0. The van der Waals surface area contributed by atoms with Gasteiger partial charge in [-0.2, -0.15) is 19.0 Å². The van der Waals surface area contributed by atoms with Gasteiger partial charge in [0, 0.05) is 6.07 Å². The highest BCUT2D eigenvalue weighted by atomic mass is 31.3. The third-order valence-electron chi connectivity index (χ3n) is 4.36. The first-order valence-corrected chi connectivity index (χ1v) is 13.1. The maximum Gasteiger partial charge on any atom is 0.490 e. The molecule has 6 atom stereocenters. The number of hydrogen-bond acceptors (Lipinski definition) is 13. The summed E-state index contributed by atoms with van der Waals surface area (Å²) in [4.78, 5) is 39.3. The van der Waals surface area contributed by atoms with Gasteiger partial charge >= 0.3 is 23.5 Å². The van der Waals surface area contributed by atoms with E-state index in [-0.39, 0.29) is 11.3 Å². The molecule has 1 aliphatic heterocycles. The van der Waals surface area contributed by atoms with Crippen LogP contribution in [0.25, 0.3) is 5.52 Å². The lowest BCUT2D eigenvalue weighted by atomic mass is 9.92. The van der Waals surface area contributed by atoms with E-state index >= 15 is 0 Å². The molecule has 0 aliphatic carbocycles. The Hall–Kier alpha value is -1.87. The number of anilines is 1. The summed E-state index contributed by atoms with van der Waals surface area (Å²) in [6.45, 7) is -1.19. The minimum absolute atomic E-state index is 0.330. The fourth-order valence-electron chi connectivity index (χ4n) is 3.07. The summed E-state index contributed by atoms with van der Waals surface area (Å²) in [6.07, 6.45) is -5.02. The molecule has 1 fully saturated rings. The molecule has 3 rings (SSSR count). The predicted molar refractivity (Wildman–Crippen MR) is 101 cm³/mol. The molecular weight excluding hydrogens is 534 g/mol. The van der Waals surface area contributed by atoms with Gasteiger partial charge in [-0.15, -0.1) is 0 Å². The Morgan fingerprint density at radius 1 is 1.24 bits per heavy atom. The molecule has 0 amide bonds. The van der Waals surface area contributed by atoms with Crippen molar-refractivity contribution < 1.29 is 65.8 Å². The Balaban J connectivity index is 1.84. The van der Waals surface area contributed by atoms with Crippen molar-refractivity contribution in [2.45, 2.75) is 23.9 Å². The maximum atomic E-state index is 14.4. The van der Waals surface area contributed by atoms with E-state index in [2.05, 4.69) is 23.2 Å². The fraction of sp³-hybridized carbons (Fsp3) is 0.417. The van der Waals surface area contributed by atoms with Crippen LogP contribution in [0.1, 0.15) is 5.69 Å². The van der Waals surface area contributed by atoms with Crippen LogP contribution in [-0.4, -0.2) is 69.3 Å². The average molecular weight is 549 g/mol. The second-order valence-electron chi connectivity index (χ2n) is 6.61. The molecule has 22 heteroatoms. The molecule has 0 radical (unpaired) electrons. The van der Waals surface area contributed by atoms with Gasteiger partial charge in [0.15, 0.2) is 11.6 Å². The first kappa shape index (κ1) is 26.7. The Bertz CT molecular complexity index is 1290. The van der Waals surface area contributed by atoms with Gasteiger partial charge < -0.3 is 40.3 Å². The van der Waals surface area contributed by atoms with E-state index in [0.717, 1.165) is 16.9 Å². The van der Waals surface area contributed by atoms with Crippen molar-refractivity contribution in [3.05, 3.63) is 23.9 Å². The van der Waals surface area contributed by atoms with Crippen LogP contribution < -0.4 is 5.73 Å². The van der Waals surface area contributed by atoms with Crippen molar-refractivity contribution in [2.75, 3.05) is 12.3 Å². The van der Waals surface area contributed by atoms with Gasteiger partial charge in [0.25, 0.3) is 0 Å². The van der Waals surface area contributed by atoms with E-state index in [1.54, 1.807) is 6.07 Å². The number of aliphatic hydroxyl groups is 2. The highest BCUT2D eigenvalue weighted by molar-refractivity contribution is 7.66. The van der Waals surface area contributed by atoms with Crippen LogP contribution in [0.5, 0.6) is 0 Å². The zero-order valence-electron chi connectivity index (χ0n) is 16.2. The van der Waals surface area contributed by atoms with Gasteiger partial charge in [-0.3, -0.25) is 4.52 Å². The molecule has 0 aromatic carbocycles. The topological polar surface area (TPSA) is 290 Å². The van der Waals surface area contributed by atoms with E-state index in [9.17, 15) is 38.5 Å². The fourth-order valence-corrected chi connectivity index (χ4v) is 6.10. The molecule has 0 bridgehead atoms. The summed E-state index contributed by atoms with van der Waals surface area (Å²) >= 11 is 0. The Kier molecular flexibility index (Phi) is 7.05. The van der Waals surface area contributed by atoms with Gasteiger partial charge in [-0.25, -0.2) is 27.6 Å². The van der Waals surface area contributed by atoms with Gasteiger partial charge in [-0.1, -0.05) is 0 Å². The van der Waals surface area contributed by atoms with Crippen molar-refractivity contribution >= 4 is 34.8 Å². The number of nitriles is 1. The van der Waals surface area contributed by atoms with Crippen LogP contribution in [0, 0.1) is 17.1 Å². The van der Waals surface area contributed by atoms with Crippen LogP contribution in [-0.2, 0) is 37.2 Å². The molecule has 8 N–H and O–H groups in total. The molecule has 2 unspecified atom stereocenters. The van der Waals surface area contributed by atoms with Crippen LogP contribution >= 0.6 is 23.5 Å². The van der Waals surface area contributed by atoms with Gasteiger partial charge in [0.2, 0.25) is 5.60 Å². The standard InChI is InChI=1S/C12H15FN5O13P3/c13-5-1-7(18-8(5)11(15)16-4-17-18)12(3-14)10(20)9(19)6(29-12)2-28-33(24,25)31-34(26,27)30-32(21,22)23/h1,4,6,9-10,19-20H,2H2,(H,24,25)(H,26,27)(H2,15,16,17)(H2,21,22,23)/t6-,9-,10-,12+/m1/s1. The predicted octanol–water partition coefficient (Wildman–Crippen LogP) is -1.37. The third kappa shape index (κ3) is 5.20. The number of rotatable bonds is 8. The molecule has 0 saturated carbocycles. The third-order valence-corrected chi connectivity index (χ3v) is 8.16. The van der Waals surface area contributed by atoms with Crippen LogP contribution in [0.3, 0.4) is 0 Å². The number of hydrogen-bond donors (Lipinski definition) is 7. The highest BCUT2D eigenvalue weighted by Gasteiger charge is 2.58. The highest BCUT2D eigenvalue weighted by Crippen LogP contribution is 2.66. The molecule has 0 spiro atoms. The minimum atomic E-state index is -5.81. The van der Waals surface area contributed by atoms with E-state index in [1.807, 2.05) is 0 Å². The van der Waals surface area contributed by atoms with Crippen molar-refractivity contribution in [1.29, 1.82) is 5.26 Å². The van der Waals surface area contributed by atoms with Crippen LogP contribution in [0.4, 0.5) is 10.2 Å². The lowest BCUT2D eigenvalue weighted by Crippen LogP contribution is -2.41. The SMILES string of the molecule is N#C[C@@]1(c2cc(F)c3c(N)ncnn23)O[C@H](COP(=O)(O)OP(=O)(O)OP(=O)(O)O)[C@@H](O)[C@H]1O. The van der Waals surface area contributed by atoms with Gasteiger partial charge in [0.05, 0.1) is 12.3 Å². The number of aromatic nitrogens is 3. The van der Waals surface area contributed by atoms with Crippen molar-refractivity contribution in [2.24, 2.45) is 0 Å². The Morgan fingerprint density at radius 2 is 1.88 bits per heavy atom. The summed E-state index contributed by atoms with van der Waals surface area (Å²) in [5.41, 5.74) is 2.25. The molecular formula is C12H15FN5O13P3. The maximum absolute atomic E-state index is 14.4. The number of ether oxygens (including phenoxy) is 1.